The van der Waals surface area contributed by atoms with E-state index >= 15 is 0 Å². The lowest BCUT2D eigenvalue weighted by Gasteiger charge is -2.03. The number of nitrogens with zero attached hydrogens (tertiary/aromatic N) is 1. The highest BCUT2D eigenvalue weighted by molar-refractivity contribution is 5.89. The molecule has 1 rings (SSSR count). The van der Waals surface area contributed by atoms with Crippen LogP contribution in [0.15, 0.2) is 6.20 Å². The summed E-state index contributed by atoms with van der Waals surface area (Å²) in [6.45, 7) is 3.18. The molecule has 0 spiro atoms. The Labute approximate surface area is 68.9 Å². The number of pyridine rings is 1. The molecular formula is C8H8FNO2. The molecule has 0 atom stereocenters. The molecule has 12 heavy (non-hydrogen) atoms. The van der Waals surface area contributed by atoms with Crippen LogP contribution in [-0.2, 0) is 0 Å². The number of hydrogen-bond donors (Lipinski definition) is 1. The van der Waals surface area contributed by atoms with Crippen molar-refractivity contribution in [3.8, 4) is 0 Å². The van der Waals surface area contributed by atoms with Crippen LogP contribution in [-0.4, -0.2) is 16.1 Å². The van der Waals surface area contributed by atoms with Crippen LogP contribution < -0.4 is 0 Å². The van der Waals surface area contributed by atoms with Gasteiger partial charge in [0.15, 0.2) is 5.82 Å². The Kier molecular flexibility index (Phi) is 2.08. The van der Waals surface area contributed by atoms with Crippen molar-refractivity contribution in [1.29, 1.82) is 0 Å². The van der Waals surface area contributed by atoms with Crippen molar-refractivity contribution in [2.45, 2.75) is 13.8 Å². The van der Waals surface area contributed by atoms with E-state index < -0.39 is 11.8 Å². The Morgan fingerprint density at radius 3 is 2.58 bits per heavy atom. The summed E-state index contributed by atoms with van der Waals surface area (Å²) in [6.07, 6.45) is 0.922. The number of halogens is 1. The van der Waals surface area contributed by atoms with E-state index in [2.05, 4.69) is 4.98 Å². The first-order chi connectivity index (χ1) is 5.54. The maximum Gasteiger partial charge on any atom is 0.339 e. The predicted octanol–water partition coefficient (Wildman–Crippen LogP) is 1.54. The molecule has 0 radical (unpaired) electrons. The van der Waals surface area contributed by atoms with Crippen molar-refractivity contribution >= 4 is 5.97 Å². The summed E-state index contributed by atoms with van der Waals surface area (Å²) in [6, 6.07) is 0. The Hall–Kier alpha value is -1.45. The van der Waals surface area contributed by atoms with Gasteiger partial charge >= 0.3 is 5.97 Å². The minimum Gasteiger partial charge on any atom is -0.478 e. The van der Waals surface area contributed by atoms with E-state index in [0.29, 0.717) is 11.3 Å². The molecule has 0 aliphatic carbocycles. The van der Waals surface area contributed by atoms with Gasteiger partial charge in [-0.1, -0.05) is 0 Å². The zero-order valence-corrected chi connectivity index (χ0v) is 6.76. The molecule has 0 aliphatic rings. The second-order valence-corrected chi connectivity index (χ2v) is 2.50. The summed E-state index contributed by atoms with van der Waals surface area (Å²) in [5.41, 5.74) is 0.624. The SMILES string of the molecule is Cc1ncc(F)c(C(=O)O)c1C. The number of aromatic nitrogens is 1. The molecule has 0 bridgehead atoms. The molecule has 1 heterocycles. The lowest BCUT2D eigenvalue weighted by molar-refractivity contribution is 0.0690. The number of aromatic carboxylic acids is 1. The molecule has 64 valence electrons. The summed E-state index contributed by atoms with van der Waals surface area (Å²) >= 11 is 0. The van der Waals surface area contributed by atoms with Crippen molar-refractivity contribution in [1.82, 2.24) is 4.98 Å². The highest BCUT2D eigenvalue weighted by Gasteiger charge is 2.15. The maximum atomic E-state index is 12.8. The summed E-state index contributed by atoms with van der Waals surface area (Å²) < 4.78 is 12.8. The van der Waals surface area contributed by atoms with Crippen molar-refractivity contribution in [3.05, 3.63) is 28.8 Å². The maximum absolute atomic E-state index is 12.8. The molecule has 1 N–H and O–H groups in total. The second-order valence-electron chi connectivity index (χ2n) is 2.50. The van der Waals surface area contributed by atoms with Crippen molar-refractivity contribution in [2.75, 3.05) is 0 Å². The first-order valence-electron chi connectivity index (χ1n) is 3.39. The van der Waals surface area contributed by atoms with Crippen LogP contribution in [0, 0.1) is 19.7 Å². The predicted molar refractivity (Wildman–Crippen MR) is 40.6 cm³/mol. The van der Waals surface area contributed by atoms with Gasteiger partial charge in [-0.25, -0.2) is 9.18 Å². The average molecular weight is 169 g/mol. The quantitative estimate of drug-likeness (QED) is 0.693. The first-order valence-corrected chi connectivity index (χ1v) is 3.39. The smallest absolute Gasteiger partial charge is 0.339 e. The number of rotatable bonds is 1. The summed E-state index contributed by atoms with van der Waals surface area (Å²) in [7, 11) is 0. The minimum absolute atomic E-state index is 0.289. The van der Waals surface area contributed by atoms with Crippen molar-refractivity contribution in [2.24, 2.45) is 0 Å². The van der Waals surface area contributed by atoms with E-state index in [0.717, 1.165) is 6.20 Å². The highest BCUT2D eigenvalue weighted by Crippen LogP contribution is 2.13. The lowest BCUT2D eigenvalue weighted by Crippen LogP contribution is -2.06. The van der Waals surface area contributed by atoms with E-state index in [1.165, 1.54) is 6.92 Å². The molecule has 4 heteroatoms. The Bertz CT molecular complexity index is 336. The van der Waals surface area contributed by atoms with Gasteiger partial charge in [0.25, 0.3) is 0 Å². The van der Waals surface area contributed by atoms with Crippen LogP contribution in [0.1, 0.15) is 21.6 Å². The van der Waals surface area contributed by atoms with Crippen LogP contribution in [0.25, 0.3) is 0 Å². The number of carboxylic acid groups (broad SMARTS) is 1. The van der Waals surface area contributed by atoms with E-state index in [1.54, 1.807) is 6.92 Å². The van der Waals surface area contributed by atoms with Gasteiger partial charge in [0.1, 0.15) is 5.56 Å². The van der Waals surface area contributed by atoms with Crippen molar-refractivity contribution in [3.63, 3.8) is 0 Å². The van der Waals surface area contributed by atoms with Crippen LogP contribution in [0.4, 0.5) is 4.39 Å². The fraction of sp³-hybridized carbons (Fsp3) is 0.250. The number of carboxylic acids is 1. The van der Waals surface area contributed by atoms with Crippen LogP contribution >= 0.6 is 0 Å². The topological polar surface area (TPSA) is 50.2 Å². The Balaban J connectivity index is 3.43. The van der Waals surface area contributed by atoms with E-state index in [1.807, 2.05) is 0 Å². The standard InChI is InChI=1S/C8H8FNO2/c1-4-5(2)10-3-6(9)7(4)8(11)12/h3H,1-2H3,(H,11,12). The van der Waals surface area contributed by atoms with Crippen LogP contribution in [0.5, 0.6) is 0 Å². The van der Waals surface area contributed by atoms with E-state index in [4.69, 9.17) is 5.11 Å². The Morgan fingerprint density at radius 2 is 2.17 bits per heavy atom. The Morgan fingerprint density at radius 1 is 1.58 bits per heavy atom. The first kappa shape index (κ1) is 8.64. The fourth-order valence-electron chi connectivity index (χ4n) is 0.937. The zero-order valence-electron chi connectivity index (χ0n) is 6.76. The summed E-state index contributed by atoms with van der Waals surface area (Å²) in [5.74, 6) is -2.04. The molecule has 3 nitrogen and oxygen atoms in total. The zero-order chi connectivity index (χ0) is 9.30. The molecular weight excluding hydrogens is 161 g/mol. The monoisotopic (exact) mass is 169 g/mol. The van der Waals surface area contributed by atoms with Gasteiger partial charge in [-0.15, -0.1) is 0 Å². The van der Waals surface area contributed by atoms with Gasteiger partial charge in [0.05, 0.1) is 6.20 Å². The molecule has 0 unspecified atom stereocenters. The normalized spacial score (nSPS) is 9.92. The number of aryl methyl sites for hydroxylation is 1. The minimum atomic E-state index is -1.25. The third-order valence-corrected chi connectivity index (χ3v) is 1.74. The molecule has 1 aromatic rings. The van der Waals surface area contributed by atoms with Crippen LogP contribution in [0.2, 0.25) is 0 Å². The molecule has 0 aliphatic heterocycles. The van der Waals surface area contributed by atoms with Gasteiger partial charge < -0.3 is 5.11 Å². The molecule has 0 saturated carbocycles. The second kappa shape index (κ2) is 2.89. The van der Waals surface area contributed by atoms with Gasteiger partial charge in [0, 0.05) is 5.69 Å². The van der Waals surface area contributed by atoms with E-state index in [9.17, 15) is 9.18 Å². The summed E-state index contributed by atoms with van der Waals surface area (Å²) in [4.78, 5) is 14.2. The molecule has 1 aromatic heterocycles. The fourth-order valence-corrected chi connectivity index (χ4v) is 0.937. The number of carbonyl (C=O) groups is 1. The average Bonchev–Trinajstić information content (AvgIpc) is 1.97. The molecule has 0 fully saturated rings. The van der Waals surface area contributed by atoms with Gasteiger partial charge in [-0.2, -0.15) is 0 Å². The molecule has 0 aromatic carbocycles. The largest absolute Gasteiger partial charge is 0.478 e. The van der Waals surface area contributed by atoms with Gasteiger partial charge in [-0.05, 0) is 19.4 Å². The highest BCUT2D eigenvalue weighted by atomic mass is 19.1. The lowest BCUT2D eigenvalue weighted by atomic mass is 10.1. The third-order valence-electron chi connectivity index (χ3n) is 1.74. The molecule has 0 saturated heterocycles. The third kappa shape index (κ3) is 1.28. The number of hydrogen-bond acceptors (Lipinski definition) is 2. The molecule has 0 amide bonds. The van der Waals surface area contributed by atoms with Gasteiger partial charge in [0.2, 0.25) is 0 Å². The van der Waals surface area contributed by atoms with E-state index in [-0.39, 0.29) is 5.56 Å². The summed E-state index contributed by atoms with van der Waals surface area (Å²) in [5, 5.41) is 8.60. The van der Waals surface area contributed by atoms with Crippen LogP contribution in [0.3, 0.4) is 0 Å². The van der Waals surface area contributed by atoms with Gasteiger partial charge in [-0.3, -0.25) is 4.98 Å². The van der Waals surface area contributed by atoms with Crippen molar-refractivity contribution < 1.29 is 14.3 Å².